The van der Waals surface area contributed by atoms with E-state index in [4.69, 9.17) is 5.73 Å². The van der Waals surface area contributed by atoms with E-state index < -0.39 is 0 Å². The predicted octanol–water partition coefficient (Wildman–Crippen LogP) is 2.75. The first-order valence-electron chi connectivity index (χ1n) is 6.58. The van der Waals surface area contributed by atoms with Gasteiger partial charge in [0, 0.05) is 12.2 Å². The Morgan fingerprint density at radius 1 is 1.42 bits per heavy atom. The molecule has 19 heavy (non-hydrogen) atoms. The van der Waals surface area contributed by atoms with Crippen molar-refractivity contribution in [3.63, 3.8) is 0 Å². The van der Waals surface area contributed by atoms with Gasteiger partial charge < -0.3 is 11.1 Å². The lowest BCUT2D eigenvalue weighted by Gasteiger charge is -2.25. The molecule has 0 aliphatic heterocycles. The van der Waals surface area contributed by atoms with Crippen LogP contribution in [0.15, 0.2) is 23.7 Å². The molecule has 2 aromatic rings. The Morgan fingerprint density at radius 3 is 2.95 bits per heavy atom. The third kappa shape index (κ3) is 2.24. The molecule has 4 nitrogen and oxygen atoms in total. The first-order chi connectivity index (χ1) is 9.23. The Bertz CT molecular complexity index is 602. The number of amides is 1. The van der Waals surface area contributed by atoms with Gasteiger partial charge in [0.15, 0.2) is 0 Å². The van der Waals surface area contributed by atoms with Crippen molar-refractivity contribution in [1.82, 2.24) is 4.98 Å². The normalized spacial score (nSPS) is 17.7. The summed E-state index contributed by atoms with van der Waals surface area (Å²) in [5.41, 5.74) is 9.09. The molecule has 0 radical (unpaired) electrons. The summed E-state index contributed by atoms with van der Waals surface area (Å²) in [4.78, 5) is 16.7. The number of carbonyl (C=O) groups is 1. The van der Waals surface area contributed by atoms with Crippen LogP contribution in [0.5, 0.6) is 0 Å². The van der Waals surface area contributed by atoms with Gasteiger partial charge in [-0.05, 0) is 31.0 Å². The summed E-state index contributed by atoms with van der Waals surface area (Å²) in [6.45, 7) is 0.432. The Labute approximate surface area is 116 Å². The van der Waals surface area contributed by atoms with E-state index in [1.54, 1.807) is 11.3 Å². The molecule has 1 saturated carbocycles. The minimum atomic E-state index is -0.358. The molecule has 0 unspecified atom stereocenters. The molecule has 0 spiro atoms. The van der Waals surface area contributed by atoms with E-state index in [2.05, 4.69) is 10.3 Å². The van der Waals surface area contributed by atoms with Gasteiger partial charge in [0.25, 0.3) is 0 Å². The molecule has 1 aromatic carbocycles. The summed E-state index contributed by atoms with van der Waals surface area (Å²) < 4.78 is 1.09. The van der Waals surface area contributed by atoms with Crippen molar-refractivity contribution in [2.75, 3.05) is 11.9 Å². The van der Waals surface area contributed by atoms with Crippen LogP contribution in [0, 0.1) is 5.41 Å². The van der Waals surface area contributed by atoms with Crippen molar-refractivity contribution in [3.05, 3.63) is 23.7 Å². The van der Waals surface area contributed by atoms with Crippen LogP contribution in [0.4, 0.5) is 5.69 Å². The predicted molar refractivity (Wildman–Crippen MR) is 78.2 cm³/mol. The molecule has 3 N–H and O–H groups in total. The zero-order valence-corrected chi connectivity index (χ0v) is 11.5. The highest BCUT2D eigenvalue weighted by Crippen LogP contribution is 2.38. The van der Waals surface area contributed by atoms with E-state index in [0.717, 1.165) is 41.6 Å². The number of anilines is 1. The largest absolute Gasteiger partial charge is 0.329 e. The molecule has 1 heterocycles. The van der Waals surface area contributed by atoms with Crippen molar-refractivity contribution in [2.24, 2.45) is 11.1 Å². The fourth-order valence-electron chi connectivity index (χ4n) is 2.77. The highest BCUT2D eigenvalue weighted by atomic mass is 32.1. The van der Waals surface area contributed by atoms with Gasteiger partial charge in [0.05, 0.1) is 21.1 Å². The van der Waals surface area contributed by atoms with Gasteiger partial charge in [0.2, 0.25) is 5.91 Å². The first-order valence-corrected chi connectivity index (χ1v) is 7.46. The zero-order chi connectivity index (χ0) is 13.3. The fraction of sp³-hybridized carbons (Fsp3) is 0.429. The Balaban J connectivity index is 1.81. The van der Waals surface area contributed by atoms with Gasteiger partial charge in [-0.25, -0.2) is 4.98 Å². The zero-order valence-electron chi connectivity index (χ0n) is 10.7. The number of hydrogen-bond acceptors (Lipinski definition) is 4. The van der Waals surface area contributed by atoms with Crippen molar-refractivity contribution in [3.8, 4) is 0 Å². The second-order valence-electron chi connectivity index (χ2n) is 5.18. The van der Waals surface area contributed by atoms with E-state index >= 15 is 0 Å². The first kappa shape index (κ1) is 12.6. The molecular weight excluding hydrogens is 258 g/mol. The lowest BCUT2D eigenvalue weighted by molar-refractivity contribution is -0.124. The van der Waals surface area contributed by atoms with Crippen LogP contribution in [0.2, 0.25) is 0 Å². The lowest BCUT2D eigenvalue weighted by atomic mass is 9.85. The van der Waals surface area contributed by atoms with Crippen LogP contribution >= 0.6 is 11.3 Å². The Hall–Kier alpha value is -1.46. The maximum Gasteiger partial charge on any atom is 0.231 e. The third-order valence-corrected chi connectivity index (χ3v) is 4.81. The summed E-state index contributed by atoms with van der Waals surface area (Å²) in [6, 6.07) is 5.81. The van der Waals surface area contributed by atoms with Crippen molar-refractivity contribution >= 4 is 33.1 Å². The molecule has 0 atom stereocenters. The third-order valence-electron chi connectivity index (χ3n) is 4.02. The second-order valence-corrected chi connectivity index (χ2v) is 6.07. The number of benzene rings is 1. The van der Waals surface area contributed by atoms with Gasteiger partial charge in [-0.1, -0.05) is 12.8 Å². The van der Waals surface area contributed by atoms with E-state index in [9.17, 15) is 4.79 Å². The second kappa shape index (κ2) is 4.90. The Morgan fingerprint density at radius 2 is 2.21 bits per heavy atom. The number of nitrogens with one attached hydrogen (secondary N) is 1. The molecule has 1 aliphatic carbocycles. The van der Waals surface area contributed by atoms with Crippen LogP contribution in [0.25, 0.3) is 10.2 Å². The van der Waals surface area contributed by atoms with Gasteiger partial charge in [-0.3, -0.25) is 4.79 Å². The lowest BCUT2D eigenvalue weighted by Crippen LogP contribution is -2.40. The quantitative estimate of drug-likeness (QED) is 0.905. The summed E-state index contributed by atoms with van der Waals surface area (Å²) in [7, 11) is 0. The number of carbonyl (C=O) groups excluding carboxylic acids is 1. The molecule has 3 rings (SSSR count). The van der Waals surface area contributed by atoms with Gasteiger partial charge in [-0.2, -0.15) is 0 Å². The molecule has 0 saturated heterocycles. The minimum Gasteiger partial charge on any atom is -0.329 e. The van der Waals surface area contributed by atoms with Crippen molar-refractivity contribution < 1.29 is 4.79 Å². The molecule has 1 aliphatic rings. The van der Waals surface area contributed by atoms with E-state index in [1.165, 1.54) is 0 Å². The molecule has 0 bridgehead atoms. The summed E-state index contributed by atoms with van der Waals surface area (Å²) in [6.07, 6.45) is 3.99. The molecule has 1 fully saturated rings. The van der Waals surface area contributed by atoms with Gasteiger partial charge in [0.1, 0.15) is 0 Å². The average molecular weight is 275 g/mol. The average Bonchev–Trinajstić information content (AvgIpc) is 3.07. The molecule has 1 amide bonds. The molecular formula is C14H17N3OS. The standard InChI is InChI=1S/C14H17N3OS/c15-8-14(5-1-2-6-14)13(18)17-10-3-4-11-12(7-10)19-9-16-11/h3-4,7,9H,1-2,5-6,8,15H2,(H,17,18). The minimum absolute atomic E-state index is 0.0661. The van der Waals surface area contributed by atoms with Crippen LogP contribution in [0.1, 0.15) is 25.7 Å². The summed E-state index contributed by atoms with van der Waals surface area (Å²) in [5.74, 6) is 0.0661. The number of nitrogens with zero attached hydrogens (tertiary/aromatic N) is 1. The smallest absolute Gasteiger partial charge is 0.231 e. The van der Waals surface area contributed by atoms with Crippen molar-refractivity contribution in [2.45, 2.75) is 25.7 Å². The molecule has 100 valence electrons. The van der Waals surface area contributed by atoms with Crippen LogP contribution in [-0.4, -0.2) is 17.4 Å². The van der Waals surface area contributed by atoms with Crippen molar-refractivity contribution in [1.29, 1.82) is 0 Å². The number of fused-ring (bicyclic) bond motifs is 1. The van der Waals surface area contributed by atoms with E-state index in [0.29, 0.717) is 6.54 Å². The monoisotopic (exact) mass is 275 g/mol. The van der Waals surface area contributed by atoms with E-state index in [-0.39, 0.29) is 11.3 Å². The van der Waals surface area contributed by atoms with Gasteiger partial charge in [-0.15, -0.1) is 11.3 Å². The number of aromatic nitrogens is 1. The SMILES string of the molecule is NCC1(C(=O)Nc2ccc3ncsc3c2)CCCC1. The number of nitrogens with two attached hydrogens (primary N) is 1. The number of hydrogen-bond donors (Lipinski definition) is 2. The fourth-order valence-corrected chi connectivity index (χ4v) is 3.49. The maximum absolute atomic E-state index is 12.4. The summed E-state index contributed by atoms with van der Waals surface area (Å²) in [5, 5.41) is 3.02. The Kier molecular flexibility index (Phi) is 3.24. The van der Waals surface area contributed by atoms with Crippen LogP contribution < -0.4 is 11.1 Å². The topological polar surface area (TPSA) is 68.0 Å². The number of rotatable bonds is 3. The van der Waals surface area contributed by atoms with E-state index in [1.807, 2.05) is 23.7 Å². The molecule has 1 aromatic heterocycles. The van der Waals surface area contributed by atoms with Gasteiger partial charge >= 0.3 is 0 Å². The van der Waals surface area contributed by atoms with Crippen LogP contribution in [-0.2, 0) is 4.79 Å². The number of thiazole rings is 1. The van der Waals surface area contributed by atoms with Crippen LogP contribution in [0.3, 0.4) is 0 Å². The highest BCUT2D eigenvalue weighted by molar-refractivity contribution is 7.16. The summed E-state index contributed by atoms with van der Waals surface area (Å²) >= 11 is 1.58. The highest BCUT2D eigenvalue weighted by Gasteiger charge is 2.39. The maximum atomic E-state index is 12.4. The molecule has 5 heteroatoms.